The molecule has 0 heterocycles. The molecular formula is C15H21NO3. The van der Waals surface area contributed by atoms with Crippen LogP contribution in [0.25, 0.3) is 0 Å². The Bertz CT molecular complexity index is 454. The molecule has 0 aliphatic heterocycles. The molecule has 4 nitrogen and oxygen atoms in total. The zero-order chi connectivity index (χ0) is 13.9. The molecule has 1 aliphatic rings. The van der Waals surface area contributed by atoms with Crippen LogP contribution in [0.15, 0.2) is 24.3 Å². The summed E-state index contributed by atoms with van der Waals surface area (Å²) in [5.41, 5.74) is 0.677. The Balaban J connectivity index is 1.89. The van der Waals surface area contributed by atoms with Gasteiger partial charge < -0.3 is 14.7 Å². The summed E-state index contributed by atoms with van der Waals surface area (Å²) in [5.74, 6) is 0.901. The zero-order valence-corrected chi connectivity index (χ0v) is 11.6. The molecule has 1 saturated carbocycles. The molecular weight excluding hydrogens is 242 g/mol. The predicted octanol–water partition coefficient (Wildman–Crippen LogP) is 1.47. The van der Waals surface area contributed by atoms with Gasteiger partial charge in [-0.3, -0.25) is 4.79 Å². The monoisotopic (exact) mass is 263 g/mol. The van der Waals surface area contributed by atoms with Gasteiger partial charge in [-0.25, -0.2) is 0 Å². The maximum Gasteiger partial charge on any atom is 0.230 e. The van der Waals surface area contributed by atoms with E-state index in [9.17, 15) is 9.90 Å². The summed E-state index contributed by atoms with van der Waals surface area (Å²) in [6, 6.07) is 7.87. The van der Waals surface area contributed by atoms with Crippen LogP contribution in [-0.2, 0) is 11.2 Å². The van der Waals surface area contributed by atoms with Crippen molar-refractivity contribution in [3.05, 3.63) is 29.8 Å². The SMILES string of the molecule is COc1cccc(CCN(C)C(=O)C2(CO)CC2)c1. The largest absolute Gasteiger partial charge is 0.497 e. The van der Waals surface area contributed by atoms with E-state index in [2.05, 4.69) is 0 Å². The summed E-state index contributed by atoms with van der Waals surface area (Å²) < 4.78 is 5.18. The van der Waals surface area contributed by atoms with E-state index in [4.69, 9.17) is 4.74 Å². The van der Waals surface area contributed by atoms with Gasteiger partial charge in [0.05, 0.1) is 19.1 Å². The van der Waals surface area contributed by atoms with Crippen molar-refractivity contribution in [1.29, 1.82) is 0 Å². The molecule has 1 N–H and O–H groups in total. The quantitative estimate of drug-likeness (QED) is 0.845. The van der Waals surface area contributed by atoms with Gasteiger partial charge in [-0.1, -0.05) is 12.1 Å². The molecule has 104 valence electrons. The van der Waals surface area contributed by atoms with E-state index in [1.807, 2.05) is 24.3 Å². The predicted molar refractivity (Wildman–Crippen MR) is 73.1 cm³/mol. The number of rotatable bonds is 6. The molecule has 0 saturated heterocycles. The Labute approximate surface area is 114 Å². The van der Waals surface area contributed by atoms with Gasteiger partial charge in [0.1, 0.15) is 5.75 Å². The molecule has 1 aromatic rings. The summed E-state index contributed by atoms with van der Waals surface area (Å²) in [4.78, 5) is 13.9. The van der Waals surface area contributed by atoms with Crippen LogP contribution < -0.4 is 4.74 Å². The second-order valence-corrected chi connectivity index (χ2v) is 5.27. The number of hydrogen-bond donors (Lipinski definition) is 1. The Morgan fingerprint density at radius 1 is 1.47 bits per heavy atom. The fourth-order valence-electron chi connectivity index (χ4n) is 2.22. The molecule has 2 rings (SSSR count). The van der Waals surface area contributed by atoms with E-state index in [-0.39, 0.29) is 12.5 Å². The van der Waals surface area contributed by atoms with Gasteiger partial charge in [0, 0.05) is 13.6 Å². The molecule has 0 unspecified atom stereocenters. The number of ether oxygens (including phenoxy) is 1. The number of benzene rings is 1. The molecule has 19 heavy (non-hydrogen) atoms. The molecule has 0 atom stereocenters. The highest BCUT2D eigenvalue weighted by Crippen LogP contribution is 2.46. The van der Waals surface area contributed by atoms with Crippen molar-refractivity contribution in [1.82, 2.24) is 4.90 Å². The molecule has 1 aliphatic carbocycles. The first-order valence-electron chi connectivity index (χ1n) is 6.61. The Hall–Kier alpha value is -1.55. The number of nitrogens with zero attached hydrogens (tertiary/aromatic N) is 1. The van der Waals surface area contributed by atoms with Crippen LogP contribution in [0.3, 0.4) is 0 Å². The number of likely N-dealkylation sites (N-methyl/N-ethyl adjacent to an activating group) is 1. The number of aliphatic hydroxyl groups is 1. The first-order valence-corrected chi connectivity index (χ1v) is 6.61. The summed E-state index contributed by atoms with van der Waals surface area (Å²) >= 11 is 0. The minimum atomic E-state index is -0.469. The lowest BCUT2D eigenvalue weighted by molar-refractivity contribution is -0.137. The van der Waals surface area contributed by atoms with Gasteiger partial charge in [0.2, 0.25) is 5.91 Å². The highest BCUT2D eigenvalue weighted by atomic mass is 16.5. The van der Waals surface area contributed by atoms with Crippen LogP contribution >= 0.6 is 0 Å². The van der Waals surface area contributed by atoms with Gasteiger partial charge in [-0.05, 0) is 37.0 Å². The smallest absolute Gasteiger partial charge is 0.230 e. The molecule has 1 amide bonds. The second kappa shape index (κ2) is 5.61. The fraction of sp³-hybridized carbons (Fsp3) is 0.533. The molecule has 1 fully saturated rings. The summed E-state index contributed by atoms with van der Waals surface area (Å²) in [6.45, 7) is 0.628. The molecule has 0 spiro atoms. The zero-order valence-electron chi connectivity index (χ0n) is 11.6. The van der Waals surface area contributed by atoms with E-state index in [0.29, 0.717) is 6.54 Å². The number of carbonyl (C=O) groups is 1. The Morgan fingerprint density at radius 2 is 2.21 bits per heavy atom. The van der Waals surface area contributed by atoms with E-state index in [0.717, 1.165) is 30.6 Å². The van der Waals surface area contributed by atoms with Gasteiger partial charge >= 0.3 is 0 Å². The lowest BCUT2D eigenvalue weighted by atomic mass is 10.1. The number of amides is 1. The van der Waals surface area contributed by atoms with Crippen LogP contribution in [0.1, 0.15) is 18.4 Å². The fourth-order valence-corrected chi connectivity index (χ4v) is 2.22. The number of aliphatic hydroxyl groups excluding tert-OH is 1. The average molecular weight is 263 g/mol. The van der Waals surface area contributed by atoms with Crippen LogP contribution in [0.4, 0.5) is 0 Å². The maximum atomic E-state index is 12.1. The lowest BCUT2D eigenvalue weighted by Gasteiger charge is -2.22. The van der Waals surface area contributed by atoms with Crippen molar-refractivity contribution in [3.63, 3.8) is 0 Å². The molecule has 0 radical (unpaired) electrons. The van der Waals surface area contributed by atoms with Crippen molar-refractivity contribution in [3.8, 4) is 5.75 Å². The van der Waals surface area contributed by atoms with Crippen molar-refractivity contribution in [2.75, 3.05) is 27.3 Å². The highest BCUT2D eigenvalue weighted by molar-refractivity contribution is 5.85. The van der Waals surface area contributed by atoms with Crippen molar-refractivity contribution < 1.29 is 14.6 Å². The topological polar surface area (TPSA) is 49.8 Å². The minimum absolute atomic E-state index is 0.0324. The van der Waals surface area contributed by atoms with Gasteiger partial charge in [0.15, 0.2) is 0 Å². The maximum absolute atomic E-state index is 12.1. The third-order valence-corrected chi connectivity index (χ3v) is 3.83. The summed E-state index contributed by atoms with van der Waals surface area (Å²) in [6.07, 6.45) is 2.42. The third kappa shape index (κ3) is 3.07. The molecule has 0 aromatic heterocycles. The second-order valence-electron chi connectivity index (χ2n) is 5.27. The van der Waals surface area contributed by atoms with E-state index < -0.39 is 5.41 Å². The van der Waals surface area contributed by atoms with E-state index in [1.165, 1.54) is 0 Å². The number of methoxy groups -OCH3 is 1. The van der Waals surface area contributed by atoms with Crippen LogP contribution in [0, 0.1) is 5.41 Å². The first-order chi connectivity index (χ1) is 9.11. The van der Waals surface area contributed by atoms with Crippen molar-refractivity contribution >= 4 is 5.91 Å². The van der Waals surface area contributed by atoms with Gasteiger partial charge in [0.25, 0.3) is 0 Å². The summed E-state index contributed by atoms with van der Waals surface area (Å²) in [5, 5.41) is 9.27. The molecule has 0 bridgehead atoms. The number of hydrogen-bond acceptors (Lipinski definition) is 3. The van der Waals surface area contributed by atoms with Crippen LogP contribution in [0.2, 0.25) is 0 Å². The summed E-state index contributed by atoms with van der Waals surface area (Å²) in [7, 11) is 3.45. The van der Waals surface area contributed by atoms with Crippen LogP contribution in [0.5, 0.6) is 5.75 Å². The van der Waals surface area contributed by atoms with E-state index in [1.54, 1.807) is 19.1 Å². The van der Waals surface area contributed by atoms with Gasteiger partial charge in [-0.15, -0.1) is 0 Å². The molecule has 4 heteroatoms. The standard InChI is InChI=1S/C15H21NO3/c1-16(14(18)15(11-17)7-8-15)9-6-12-4-3-5-13(10-12)19-2/h3-5,10,17H,6-9,11H2,1-2H3. The minimum Gasteiger partial charge on any atom is -0.497 e. The number of carbonyl (C=O) groups excluding carboxylic acids is 1. The van der Waals surface area contributed by atoms with Crippen molar-refractivity contribution in [2.24, 2.45) is 5.41 Å². The normalized spacial score (nSPS) is 15.9. The first kappa shape index (κ1) is 13.9. The Morgan fingerprint density at radius 3 is 2.79 bits per heavy atom. The molecule has 1 aromatic carbocycles. The van der Waals surface area contributed by atoms with E-state index >= 15 is 0 Å². The van der Waals surface area contributed by atoms with Crippen LogP contribution in [-0.4, -0.2) is 43.2 Å². The third-order valence-electron chi connectivity index (χ3n) is 3.83. The lowest BCUT2D eigenvalue weighted by Crippen LogP contribution is -2.37. The van der Waals surface area contributed by atoms with Crippen molar-refractivity contribution in [2.45, 2.75) is 19.3 Å². The average Bonchev–Trinajstić information content (AvgIpc) is 3.25. The van der Waals surface area contributed by atoms with Gasteiger partial charge in [-0.2, -0.15) is 0 Å². The Kier molecular flexibility index (Phi) is 4.10. The highest BCUT2D eigenvalue weighted by Gasteiger charge is 2.50.